The first-order chi connectivity index (χ1) is 48.5. The Kier molecular flexibility index (Phi) is 11.8. The molecule has 0 aliphatic heterocycles. The number of aromatic nitrogens is 5. The fourth-order valence-electron chi connectivity index (χ4n) is 16.6. The molecule has 7 heteroatoms. The van der Waals surface area contributed by atoms with Gasteiger partial charge < -0.3 is 22.8 Å². The van der Waals surface area contributed by atoms with Gasteiger partial charge in [0.05, 0.1) is 71.7 Å². The lowest BCUT2D eigenvalue weighted by atomic mass is 9.90. The maximum atomic E-state index is 9.54. The van der Waals surface area contributed by atoms with Gasteiger partial charge in [-0.3, -0.25) is 0 Å². The molecular weight excluding hydrogens is 1210 g/mol. The summed E-state index contributed by atoms with van der Waals surface area (Å²) in [6, 6.07) is 116. The van der Waals surface area contributed by atoms with E-state index in [1.807, 2.05) is 35.6 Å². The van der Waals surface area contributed by atoms with Crippen LogP contribution >= 0.6 is 11.3 Å². The molecule has 6 nitrogen and oxygen atoms in total. The fraction of sp³-hybridized carbons (Fsp3) is 0.0220. The SMILES string of the molecule is N#Cc1ccc(-n2c3ccccc3c3cc(-c4ccc5c(c4)c4ccccc4n5-c4cccc5c4sc4ccc(-c6cccc(-n7c8ccccc8c8cc(C9=Cc%10c(n(-c%11ccc%12c(c%11)c%11ccccc%11n%12-c%11ccccc%11)c%11ccccc%10%11)CC9)ccc87)c6)cc45)ccc32)cc1. The van der Waals surface area contributed by atoms with Gasteiger partial charge in [-0.2, -0.15) is 5.26 Å². The van der Waals surface area contributed by atoms with Crippen molar-refractivity contribution in [1.82, 2.24) is 22.8 Å². The van der Waals surface area contributed by atoms with Crippen LogP contribution in [0.4, 0.5) is 0 Å². The van der Waals surface area contributed by atoms with Gasteiger partial charge in [-0.25, -0.2) is 0 Å². The number of hydrogen-bond acceptors (Lipinski definition) is 2. The fourth-order valence-corrected chi connectivity index (χ4v) is 17.8. The van der Waals surface area contributed by atoms with Crippen LogP contribution in [0.2, 0.25) is 0 Å². The molecule has 456 valence electrons. The van der Waals surface area contributed by atoms with Crippen molar-refractivity contribution in [2.24, 2.45) is 0 Å². The number of para-hydroxylation sites is 6. The molecule has 0 bridgehead atoms. The summed E-state index contributed by atoms with van der Waals surface area (Å²) in [7, 11) is 0. The van der Waals surface area contributed by atoms with Crippen LogP contribution in [-0.2, 0) is 6.42 Å². The molecule has 6 aromatic heterocycles. The summed E-state index contributed by atoms with van der Waals surface area (Å²) in [5, 5.41) is 23.2. The number of fused-ring (bicyclic) bond motifs is 18. The van der Waals surface area contributed by atoms with Gasteiger partial charge in [-0.1, -0.05) is 158 Å². The van der Waals surface area contributed by atoms with Gasteiger partial charge >= 0.3 is 0 Å². The van der Waals surface area contributed by atoms with Crippen molar-refractivity contribution < 1.29 is 0 Å². The summed E-state index contributed by atoms with van der Waals surface area (Å²) in [5.74, 6) is 0. The van der Waals surface area contributed by atoms with Crippen LogP contribution in [-0.4, -0.2) is 22.8 Å². The number of nitriles is 1. The maximum Gasteiger partial charge on any atom is 0.0991 e. The van der Waals surface area contributed by atoms with Crippen LogP contribution in [0.25, 0.3) is 181 Å². The normalized spacial score (nSPS) is 12.7. The molecule has 0 spiro atoms. The number of hydrogen-bond donors (Lipinski definition) is 0. The predicted molar refractivity (Wildman–Crippen MR) is 412 cm³/mol. The number of thiophene rings is 1. The Balaban J connectivity index is 0.621. The first kappa shape index (κ1) is 54.6. The van der Waals surface area contributed by atoms with Crippen molar-refractivity contribution in [3.8, 4) is 56.8 Å². The highest BCUT2D eigenvalue weighted by atomic mass is 32.1. The highest BCUT2D eigenvalue weighted by Gasteiger charge is 2.25. The molecule has 0 amide bonds. The summed E-state index contributed by atoms with van der Waals surface area (Å²) in [5.41, 5.74) is 27.1. The summed E-state index contributed by atoms with van der Waals surface area (Å²) in [6.45, 7) is 0. The van der Waals surface area contributed by atoms with Crippen LogP contribution in [0.5, 0.6) is 0 Å². The molecule has 0 atom stereocenters. The summed E-state index contributed by atoms with van der Waals surface area (Å²) in [4.78, 5) is 0. The molecule has 0 saturated carbocycles. The average molecular weight is 1270 g/mol. The van der Waals surface area contributed by atoms with E-state index >= 15 is 0 Å². The van der Waals surface area contributed by atoms with E-state index in [9.17, 15) is 5.26 Å². The topological polar surface area (TPSA) is 48.4 Å². The van der Waals surface area contributed by atoms with Crippen molar-refractivity contribution in [3.63, 3.8) is 0 Å². The smallest absolute Gasteiger partial charge is 0.0991 e. The van der Waals surface area contributed by atoms with Crippen LogP contribution in [0.15, 0.2) is 309 Å². The van der Waals surface area contributed by atoms with Gasteiger partial charge in [0.15, 0.2) is 0 Å². The van der Waals surface area contributed by atoms with Crippen LogP contribution in [0.3, 0.4) is 0 Å². The van der Waals surface area contributed by atoms with Gasteiger partial charge in [0.2, 0.25) is 0 Å². The Morgan fingerprint density at radius 3 is 1.32 bits per heavy atom. The van der Waals surface area contributed by atoms with Crippen LogP contribution < -0.4 is 0 Å². The quantitative estimate of drug-likeness (QED) is 0.150. The lowest BCUT2D eigenvalue weighted by Gasteiger charge is -2.18. The van der Waals surface area contributed by atoms with E-state index in [0.717, 1.165) is 35.2 Å². The molecular formula is C91H56N6S. The average Bonchev–Trinajstić information content (AvgIpc) is 1.58. The van der Waals surface area contributed by atoms with Crippen molar-refractivity contribution >= 4 is 141 Å². The van der Waals surface area contributed by atoms with E-state index in [4.69, 9.17) is 0 Å². The van der Waals surface area contributed by atoms with Gasteiger partial charge in [-0.05, 0) is 204 Å². The highest BCUT2D eigenvalue weighted by molar-refractivity contribution is 7.26. The van der Waals surface area contributed by atoms with Crippen LogP contribution in [0.1, 0.15) is 28.8 Å². The highest BCUT2D eigenvalue weighted by Crippen LogP contribution is 2.46. The first-order valence-electron chi connectivity index (χ1n) is 33.6. The number of nitrogens with zero attached hydrogens (tertiary/aromatic N) is 6. The predicted octanol–water partition coefficient (Wildman–Crippen LogP) is 24.1. The molecule has 14 aromatic carbocycles. The van der Waals surface area contributed by atoms with E-state index in [0.29, 0.717) is 5.56 Å². The Morgan fingerprint density at radius 2 is 0.694 bits per heavy atom. The standard InChI is InChI=1S/C91H56N6S/c92-55-56-32-39-64(40-33-56)94-79-26-9-4-20-67(79)73-49-58(34-42-84(73)94)61-37-45-88-76(52-61)70-23-8-13-30-83(70)97(88)89-31-15-25-72-78-53-62(38-47-90(78)98-91(72)89)57-16-14-19-65(48-57)95-81-28-11-5-21-68(81)74-50-59(35-43-85(74)95)60-36-44-86-75(51-60)69-22-6-12-29-82(69)96(86)66-41-46-87-77(54-66)71-24-7-10-27-80(71)93(87)63-17-2-1-3-18-63/h1-35,37-43,45-54H,36,44H2. The minimum Gasteiger partial charge on any atom is -0.313 e. The molecule has 0 unspecified atom stereocenters. The minimum absolute atomic E-state index is 0.651. The molecule has 20 aromatic rings. The van der Waals surface area contributed by atoms with Crippen molar-refractivity contribution in [2.45, 2.75) is 12.8 Å². The summed E-state index contributed by atoms with van der Waals surface area (Å²) >= 11 is 1.88. The third-order valence-corrected chi connectivity index (χ3v) is 22.2. The molecule has 21 rings (SSSR count). The Hall–Kier alpha value is -12.7. The van der Waals surface area contributed by atoms with E-state index in [2.05, 4.69) is 320 Å². The third kappa shape index (κ3) is 8.07. The number of benzene rings is 14. The second-order valence-electron chi connectivity index (χ2n) is 26.2. The van der Waals surface area contributed by atoms with Crippen LogP contribution in [0, 0.1) is 11.3 Å². The molecule has 1 aliphatic carbocycles. The number of allylic oxidation sites excluding steroid dienone is 1. The Labute approximate surface area is 567 Å². The Bertz CT molecular complexity index is 6870. The third-order valence-electron chi connectivity index (χ3n) is 21.0. The zero-order chi connectivity index (χ0) is 64.3. The Morgan fingerprint density at radius 1 is 0.276 bits per heavy atom. The second-order valence-corrected chi connectivity index (χ2v) is 27.3. The van der Waals surface area contributed by atoms with E-state index in [1.54, 1.807) is 0 Å². The van der Waals surface area contributed by atoms with E-state index in [-0.39, 0.29) is 0 Å². The van der Waals surface area contributed by atoms with Gasteiger partial charge in [0.25, 0.3) is 0 Å². The lowest BCUT2D eigenvalue weighted by Crippen LogP contribution is -2.05. The van der Waals surface area contributed by atoms with E-state index in [1.165, 1.54) is 169 Å². The zero-order valence-corrected chi connectivity index (χ0v) is 53.8. The zero-order valence-electron chi connectivity index (χ0n) is 53.0. The molecule has 1 aliphatic rings. The van der Waals surface area contributed by atoms with Crippen molar-refractivity contribution in [1.29, 1.82) is 5.26 Å². The molecule has 0 radical (unpaired) electrons. The molecule has 6 heterocycles. The minimum atomic E-state index is 0.651. The van der Waals surface area contributed by atoms with E-state index < -0.39 is 0 Å². The summed E-state index contributed by atoms with van der Waals surface area (Å²) < 4.78 is 14.7. The van der Waals surface area contributed by atoms with Crippen molar-refractivity contribution in [2.75, 3.05) is 0 Å². The van der Waals surface area contributed by atoms with Gasteiger partial charge in [0, 0.05) is 98.0 Å². The van der Waals surface area contributed by atoms with Gasteiger partial charge in [0.1, 0.15) is 0 Å². The molecule has 0 saturated heterocycles. The largest absolute Gasteiger partial charge is 0.313 e. The van der Waals surface area contributed by atoms with Gasteiger partial charge in [-0.15, -0.1) is 11.3 Å². The lowest BCUT2D eigenvalue weighted by molar-refractivity contribution is 0.899. The molecule has 98 heavy (non-hydrogen) atoms. The van der Waals surface area contributed by atoms with Crippen molar-refractivity contribution in [3.05, 3.63) is 332 Å². The number of rotatable bonds is 8. The maximum absolute atomic E-state index is 9.54. The molecule has 0 N–H and O–H groups in total. The second kappa shape index (κ2) is 21.1. The monoisotopic (exact) mass is 1260 g/mol. The first-order valence-corrected chi connectivity index (χ1v) is 34.5. The summed E-state index contributed by atoms with van der Waals surface area (Å²) in [6.07, 6.45) is 4.36. The molecule has 0 fully saturated rings.